The number of sulfonamides is 1. The standard InChI is InChI=1S/C15H17FN2O2S/c1-11-7-13(5-6-15(11)16)10-18-9-12-3-2-4-14(8-12)21(17,19)20/h2-8,18H,9-10H2,1H3,(H2,17,19,20). The van der Waals surface area contributed by atoms with E-state index >= 15 is 0 Å². The van der Waals surface area contributed by atoms with Gasteiger partial charge >= 0.3 is 0 Å². The SMILES string of the molecule is Cc1cc(CNCc2cccc(S(N)(=O)=O)c2)ccc1F. The highest BCUT2D eigenvalue weighted by molar-refractivity contribution is 7.89. The van der Waals surface area contributed by atoms with Crippen molar-refractivity contribution in [2.24, 2.45) is 5.14 Å². The Morgan fingerprint density at radius 2 is 1.76 bits per heavy atom. The molecule has 4 nitrogen and oxygen atoms in total. The van der Waals surface area contributed by atoms with Gasteiger partial charge in [0.2, 0.25) is 10.0 Å². The van der Waals surface area contributed by atoms with E-state index in [2.05, 4.69) is 5.32 Å². The van der Waals surface area contributed by atoms with Crippen molar-refractivity contribution in [2.45, 2.75) is 24.9 Å². The lowest BCUT2D eigenvalue weighted by molar-refractivity contribution is 0.597. The van der Waals surface area contributed by atoms with E-state index in [1.165, 1.54) is 18.2 Å². The third-order valence-corrected chi connectivity index (χ3v) is 4.02. The smallest absolute Gasteiger partial charge is 0.238 e. The average molecular weight is 308 g/mol. The molecule has 0 spiro atoms. The van der Waals surface area contributed by atoms with E-state index < -0.39 is 10.0 Å². The van der Waals surface area contributed by atoms with Crippen LogP contribution in [-0.4, -0.2) is 8.42 Å². The summed E-state index contributed by atoms with van der Waals surface area (Å²) in [6.07, 6.45) is 0. The van der Waals surface area contributed by atoms with Gasteiger partial charge in [-0.3, -0.25) is 0 Å². The van der Waals surface area contributed by atoms with Crippen LogP contribution in [0, 0.1) is 12.7 Å². The van der Waals surface area contributed by atoms with Crippen molar-refractivity contribution in [3.8, 4) is 0 Å². The van der Waals surface area contributed by atoms with Gasteiger partial charge in [-0.15, -0.1) is 0 Å². The molecule has 0 heterocycles. The topological polar surface area (TPSA) is 72.2 Å². The monoisotopic (exact) mass is 308 g/mol. The number of nitrogens with two attached hydrogens (primary N) is 1. The van der Waals surface area contributed by atoms with Crippen molar-refractivity contribution in [1.29, 1.82) is 0 Å². The molecule has 0 aromatic heterocycles. The molecule has 0 fully saturated rings. The van der Waals surface area contributed by atoms with Gasteiger partial charge in [-0.2, -0.15) is 0 Å². The first-order valence-corrected chi connectivity index (χ1v) is 7.98. The summed E-state index contributed by atoms with van der Waals surface area (Å²) in [6, 6.07) is 11.4. The summed E-state index contributed by atoms with van der Waals surface area (Å²) in [6.45, 7) is 2.79. The number of halogens is 1. The molecule has 3 N–H and O–H groups in total. The minimum absolute atomic E-state index is 0.0967. The molecule has 2 aromatic carbocycles. The van der Waals surface area contributed by atoms with Crippen molar-refractivity contribution in [2.75, 3.05) is 0 Å². The summed E-state index contributed by atoms with van der Waals surface area (Å²) in [5.74, 6) is -0.223. The number of hydrogen-bond acceptors (Lipinski definition) is 3. The molecule has 0 atom stereocenters. The molecule has 0 saturated heterocycles. The first kappa shape index (κ1) is 15.6. The van der Waals surface area contributed by atoms with Crippen LogP contribution in [0.4, 0.5) is 4.39 Å². The van der Waals surface area contributed by atoms with E-state index in [1.807, 2.05) is 6.07 Å². The lowest BCUT2D eigenvalue weighted by Gasteiger charge is -2.07. The van der Waals surface area contributed by atoms with Crippen LogP contribution in [0.25, 0.3) is 0 Å². The maximum atomic E-state index is 13.2. The molecule has 6 heteroatoms. The molecule has 21 heavy (non-hydrogen) atoms. The summed E-state index contributed by atoms with van der Waals surface area (Å²) in [4.78, 5) is 0.0967. The van der Waals surface area contributed by atoms with E-state index in [9.17, 15) is 12.8 Å². The van der Waals surface area contributed by atoms with Gasteiger partial charge in [0.1, 0.15) is 5.82 Å². The first-order valence-electron chi connectivity index (χ1n) is 6.44. The van der Waals surface area contributed by atoms with Crippen molar-refractivity contribution < 1.29 is 12.8 Å². The summed E-state index contributed by atoms with van der Waals surface area (Å²) in [5.41, 5.74) is 2.39. The predicted octanol–water partition coefficient (Wildman–Crippen LogP) is 2.07. The Labute approximate surface area is 123 Å². The number of primary sulfonamides is 1. The summed E-state index contributed by atoms with van der Waals surface area (Å²) in [5, 5.41) is 8.28. The zero-order chi connectivity index (χ0) is 15.5. The number of aryl methyl sites for hydroxylation is 1. The van der Waals surface area contributed by atoms with Crippen LogP contribution in [0.15, 0.2) is 47.4 Å². The lowest BCUT2D eigenvalue weighted by atomic mass is 10.1. The van der Waals surface area contributed by atoms with Crippen LogP contribution < -0.4 is 10.5 Å². The fourth-order valence-corrected chi connectivity index (χ4v) is 2.58. The van der Waals surface area contributed by atoms with Crippen molar-refractivity contribution >= 4 is 10.0 Å². The van der Waals surface area contributed by atoms with Gasteiger partial charge in [0.25, 0.3) is 0 Å². The molecular weight excluding hydrogens is 291 g/mol. The fourth-order valence-electron chi connectivity index (χ4n) is 2.00. The van der Waals surface area contributed by atoms with Gasteiger partial charge in [0.15, 0.2) is 0 Å². The minimum Gasteiger partial charge on any atom is -0.309 e. The third kappa shape index (κ3) is 4.35. The molecule has 0 aliphatic carbocycles. The van der Waals surface area contributed by atoms with Gasteiger partial charge < -0.3 is 5.32 Å². The molecule has 112 valence electrons. The van der Waals surface area contributed by atoms with E-state index in [0.29, 0.717) is 18.7 Å². The van der Waals surface area contributed by atoms with E-state index in [4.69, 9.17) is 5.14 Å². The predicted molar refractivity (Wildman–Crippen MR) is 79.5 cm³/mol. The van der Waals surface area contributed by atoms with E-state index in [-0.39, 0.29) is 10.7 Å². The highest BCUT2D eigenvalue weighted by Crippen LogP contribution is 2.11. The second-order valence-electron chi connectivity index (χ2n) is 4.88. The van der Waals surface area contributed by atoms with Crippen LogP contribution >= 0.6 is 0 Å². The van der Waals surface area contributed by atoms with Crippen molar-refractivity contribution in [1.82, 2.24) is 5.32 Å². The molecule has 0 radical (unpaired) electrons. The average Bonchev–Trinajstić information content (AvgIpc) is 2.42. The van der Waals surface area contributed by atoms with Gasteiger partial charge in [-0.1, -0.05) is 24.3 Å². The van der Waals surface area contributed by atoms with Gasteiger partial charge in [0, 0.05) is 13.1 Å². The fraction of sp³-hybridized carbons (Fsp3) is 0.200. The Kier molecular flexibility index (Phi) is 4.72. The van der Waals surface area contributed by atoms with Crippen LogP contribution in [0.3, 0.4) is 0 Å². The maximum Gasteiger partial charge on any atom is 0.238 e. The largest absolute Gasteiger partial charge is 0.309 e. The Morgan fingerprint density at radius 3 is 2.38 bits per heavy atom. The van der Waals surface area contributed by atoms with Crippen molar-refractivity contribution in [3.05, 3.63) is 65.0 Å². The molecule has 2 aromatic rings. The number of benzene rings is 2. The number of hydrogen-bond donors (Lipinski definition) is 2. The highest BCUT2D eigenvalue weighted by Gasteiger charge is 2.07. The molecule has 0 saturated carbocycles. The van der Waals surface area contributed by atoms with Crippen LogP contribution in [0.5, 0.6) is 0 Å². The van der Waals surface area contributed by atoms with Gasteiger partial charge in [-0.05, 0) is 41.8 Å². The van der Waals surface area contributed by atoms with Crippen LogP contribution in [0.2, 0.25) is 0 Å². The summed E-state index contributed by atoms with van der Waals surface area (Å²) >= 11 is 0. The molecular formula is C15H17FN2O2S. The van der Waals surface area contributed by atoms with E-state index in [1.54, 1.807) is 25.1 Å². The van der Waals surface area contributed by atoms with E-state index in [0.717, 1.165) is 11.1 Å². The molecule has 0 unspecified atom stereocenters. The first-order chi connectivity index (χ1) is 9.86. The number of nitrogens with one attached hydrogen (secondary N) is 1. The van der Waals surface area contributed by atoms with Crippen LogP contribution in [0.1, 0.15) is 16.7 Å². The Hall–Kier alpha value is -1.76. The minimum atomic E-state index is -3.68. The Bertz CT molecular complexity index is 745. The summed E-state index contributed by atoms with van der Waals surface area (Å²) in [7, 11) is -3.68. The highest BCUT2D eigenvalue weighted by atomic mass is 32.2. The second kappa shape index (κ2) is 6.34. The molecule has 0 aliphatic rings. The Morgan fingerprint density at radius 1 is 1.10 bits per heavy atom. The van der Waals surface area contributed by atoms with Crippen molar-refractivity contribution in [3.63, 3.8) is 0 Å². The molecule has 0 amide bonds. The summed E-state index contributed by atoms with van der Waals surface area (Å²) < 4.78 is 35.7. The second-order valence-corrected chi connectivity index (χ2v) is 6.44. The van der Waals surface area contributed by atoms with Crippen LogP contribution in [-0.2, 0) is 23.1 Å². The lowest BCUT2D eigenvalue weighted by Crippen LogP contribution is -2.15. The van der Waals surface area contributed by atoms with Gasteiger partial charge in [-0.25, -0.2) is 17.9 Å². The maximum absolute atomic E-state index is 13.2. The molecule has 0 aliphatic heterocycles. The zero-order valence-corrected chi connectivity index (χ0v) is 12.5. The Balaban J connectivity index is 1.99. The zero-order valence-electron chi connectivity index (χ0n) is 11.6. The normalized spacial score (nSPS) is 11.6. The van der Waals surface area contributed by atoms with Gasteiger partial charge in [0.05, 0.1) is 4.90 Å². The third-order valence-electron chi connectivity index (χ3n) is 3.11. The quantitative estimate of drug-likeness (QED) is 0.888. The molecule has 2 rings (SSSR count). The number of rotatable bonds is 5. The molecule has 0 bridgehead atoms.